The normalized spacial score (nSPS) is 16.5. The van der Waals surface area contributed by atoms with Gasteiger partial charge in [-0.25, -0.2) is 0 Å². The second-order valence-corrected chi connectivity index (χ2v) is 4.47. The average Bonchev–Trinajstić information content (AvgIpc) is 2.32. The van der Waals surface area contributed by atoms with Gasteiger partial charge in [0, 0.05) is 6.54 Å². The van der Waals surface area contributed by atoms with Crippen LogP contribution in [0.25, 0.3) is 0 Å². The molecule has 0 rings (SSSR count). The second kappa shape index (κ2) is 11.8. The first-order valence-electron chi connectivity index (χ1n) is 6.46. The molecule has 5 N–H and O–H groups in total. The fourth-order valence-electron chi connectivity index (χ4n) is 1.36. The van der Waals surface area contributed by atoms with Gasteiger partial charge >= 0.3 is 0 Å². The van der Waals surface area contributed by atoms with Crippen molar-refractivity contribution in [1.29, 1.82) is 0 Å². The molecule has 6 heteroatoms. The lowest BCUT2D eigenvalue weighted by Crippen LogP contribution is -2.26. The van der Waals surface area contributed by atoms with E-state index >= 15 is 0 Å². The van der Waals surface area contributed by atoms with Gasteiger partial charge in [0.1, 0.15) is 0 Å². The highest BCUT2D eigenvalue weighted by molar-refractivity contribution is 4.57. The molecular weight excluding hydrogens is 238 g/mol. The molecule has 0 bridgehead atoms. The Labute approximate surface area is 109 Å². The van der Waals surface area contributed by atoms with Crippen molar-refractivity contribution in [3.8, 4) is 0 Å². The zero-order valence-corrected chi connectivity index (χ0v) is 11.1. The first-order valence-corrected chi connectivity index (χ1v) is 6.46. The molecule has 0 amide bonds. The number of hydrogen-bond donors (Lipinski definition) is 4. The minimum Gasteiger partial charge on any atom is -0.393 e. The van der Waals surface area contributed by atoms with E-state index in [4.69, 9.17) is 25.4 Å². The summed E-state index contributed by atoms with van der Waals surface area (Å²) >= 11 is 0. The Hall–Kier alpha value is -0.240. The largest absolute Gasteiger partial charge is 0.393 e. The molecule has 110 valence electrons. The number of rotatable bonds is 12. The maximum Gasteiger partial charge on any atom is 0.0895 e. The van der Waals surface area contributed by atoms with E-state index in [9.17, 15) is 5.11 Å². The quantitative estimate of drug-likeness (QED) is 0.346. The molecule has 0 aromatic heterocycles. The lowest BCUT2D eigenvalue weighted by Gasteiger charge is -2.12. The Balaban J connectivity index is 3.22. The summed E-state index contributed by atoms with van der Waals surface area (Å²) < 4.78 is 10.3. The van der Waals surface area contributed by atoms with Gasteiger partial charge in [-0.2, -0.15) is 0 Å². The third-order valence-electron chi connectivity index (χ3n) is 2.42. The highest BCUT2D eigenvalue weighted by Gasteiger charge is 2.05. The molecule has 0 aromatic carbocycles. The summed E-state index contributed by atoms with van der Waals surface area (Å²) in [5.41, 5.74) is 5.21. The molecule has 0 heterocycles. The van der Waals surface area contributed by atoms with Crippen molar-refractivity contribution >= 4 is 0 Å². The number of hydrogen-bond acceptors (Lipinski definition) is 6. The molecule has 0 aliphatic carbocycles. The van der Waals surface area contributed by atoms with Crippen molar-refractivity contribution < 1.29 is 24.8 Å². The number of aliphatic hydroxyl groups is 3. The predicted octanol–water partition coefficient (Wildman–Crippen LogP) is -0.749. The summed E-state index contributed by atoms with van der Waals surface area (Å²) in [6, 6.07) is 0. The van der Waals surface area contributed by atoms with E-state index in [1.807, 2.05) is 0 Å². The van der Waals surface area contributed by atoms with E-state index in [0.29, 0.717) is 26.1 Å². The van der Waals surface area contributed by atoms with Crippen molar-refractivity contribution in [2.75, 3.05) is 33.0 Å². The van der Waals surface area contributed by atoms with Gasteiger partial charge in [0.2, 0.25) is 0 Å². The predicted molar refractivity (Wildman–Crippen MR) is 68.2 cm³/mol. The van der Waals surface area contributed by atoms with E-state index in [1.165, 1.54) is 0 Å². The minimum absolute atomic E-state index is 0.183. The van der Waals surface area contributed by atoms with Crippen molar-refractivity contribution in [3.05, 3.63) is 0 Å². The Kier molecular flexibility index (Phi) is 11.7. The Morgan fingerprint density at radius 1 is 0.944 bits per heavy atom. The zero-order valence-electron chi connectivity index (χ0n) is 11.1. The van der Waals surface area contributed by atoms with Crippen LogP contribution in [-0.2, 0) is 9.47 Å². The van der Waals surface area contributed by atoms with E-state index in [2.05, 4.69) is 0 Å². The molecule has 3 atom stereocenters. The Morgan fingerprint density at radius 3 is 2.00 bits per heavy atom. The lowest BCUT2D eigenvalue weighted by atomic mass is 10.1. The first-order chi connectivity index (χ1) is 8.56. The third kappa shape index (κ3) is 12.2. The number of aliphatic hydroxyl groups excluding tert-OH is 3. The summed E-state index contributed by atoms with van der Waals surface area (Å²) in [5.74, 6) is 0. The van der Waals surface area contributed by atoms with Gasteiger partial charge in [0.25, 0.3) is 0 Å². The number of ether oxygens (including phenoxy) is 2. The summed E-state index contributed by atoms with van der Waals surface area (Å²) in [5, 5.41) is 27.7. The van der Waals surface area contributed by atoms with E-state index in [-0.39, 0.29) is 25.9 Å². The van der Waals surface area contributed by atoms with Gasteiger partial charge < -0.3 is 30.5 Å². The molecule has 0 spiro atoms. The average molecular weight is 265 g/mol. The van der Waals surface area contributed by atoms with Crippen LogP contribution in [0, 0.1) is 0 Å². The molecule has 6 nitrogen and oxygen atoms in total. The van der Waals surface area contributed by atoms with E-state index in [1.54, 1.807) is 6.92 Å². The fourth-order valence-corrected chi connectivity index (χ4v) is 1.36. The van der Waals surface area contributed by atoms with Crippen LogP contribution in [0.3, 0.4) is 0 Å². The topological polar surface area (TPSA) is 105 Å². The molecule has 18 heavy (non-hydrogen) atoms. The maximum absolute atomic E-state index is 9.54. The Morgan fingerprint density at radius 2 is 1.50 bits per heavy atom. The van der Waals surface area contributed by atoms with Crippen molar-refractivity contribution in [2.45, 2.75) is 44.5 Å². The van der Waals surface area contributed by atoms with Crippen LogP contribution in [-0.4, -0.2) is 66.6 Å². The second-order valence-electron chi connectivity index (χ2n) is 4.47. The minimum atomic E-state index is -0.629. The molecule has 0 saturated carbocycles. The molecule has 0 aromatic rings. The summed E-state index contributed by atoms with van der Waals surface area (Å²) in [6.07, 6.45) is 0.644. The highest BCUT2D eigenvalue weighted by Crippen LogP contribution is 2.04. The van der Waals surface area contributed by atoms with E-state index < -0.39 is 12.2 Å². The number of nitrogens with two attached hydrogens (primary N) is 1. The van der Waals surface area contributed by atoms with Crippen LogP contribution in [0.4, 0.5) is 0 Å². The van der Waals surface area contributed by atoms with Gasteiger partial charge in [-0.05, 0) is 26.2 Å². The van der Waals surface area contributed by atoms with Crippen LogP contribution >= 0.6 is 0 Å². The van der Waals surface area contributed by atoms with Crippen molar-refractivity contribution in [1.82, 2.24) is 0 Å². The van der Waals surface area contributed by atoms with E-state index in [0.717, 1.165) is 6.42 Å². The third-order valence-corrected chi connectivity index (χ3v) is 2.42. The molecule has 0 aliphatic heterocycles. The van der Waals surface area contributed by atoms with Crippen LogP contribution < -0.4 is 5.73 Å². The first kappa shape index (κ1) is 17.8. The van der Waals surface area contributed by atoms with Crippen molar-refractivity contribution in [3.63, 3.8) is 0 Å². The van der Waals surface area contributed by atoms with Crippen LogP contribution in [0.2, 0.25) is 0 Å². The van der Waals surface area contributed by atoms with Gasteiger partial charge in [0.15, 0.2) is 0 Å². The van der Waals surface area contributed by atoms with Crippen molar-refractivity contribution in [2.24, 2.45) is 5.73 Å². The van der Waals surface area contributed by atoms with Gasteiger partial charge in [-0.3, -0.25) is 0 Å². The van der Waals surface area contributed by atoms with Crippen LogP contribution in [0.15, 0.2) is 0 Å². The SMILES string of the molecule is CC(O)CCCC(O)COCCOCC(O)CN. The summed E-state index contributed by atoms with van der Waals surface area (Å²) in [6.45, 7) is 3.14. The van der Waals surface area contributed by atoms with Gasteiger partial charge in [0.05, 0.1) is 44.7 Å². The molecule has 3 unspecified atom stereocenters. The standard InChI is InChI=1S/C12H27NO5/c1-10(14)3-2-4-11(15)8-17-5-6-18-9-12(16)7-13/h10-12,14-16H,2-9,13H2,1H3. The molecule has 0 fully saturated rings. The highest BCUT2D eigenvalue weighted by atomic mass is 16.5. The summed E-state index contributed by atoms with van der Waals surface area (Å²) in [4.78, 5) is 0. The zero-order chi connectivity index (χ0) is 13.8. The summed E-state index contributed by atoms with van der Waals surface area (Å²) in [7, 11) is 0. The fraction of sp³-hybridized carbons (Fsp3) is 1.00. The Bertz CT molecular complexity index is 180. The molecule has 0 aliphatic rings. The lowest BCUT2D eigenvalue weighted by molar-refractivity contribution is -0.0173. The maximum atomic E-state index is 9.54. The van der Waals surface area contributed by atoms with Crippen LogP contribution in [0.1, 0.15) is 26.2 Å². The van der Waals surface area contributed by atoms with Crippen LogP contribution in [0.5, 0.6) is 0 Å². The monoisotopic (exact) mass is 265 g/mol. The molecule has 0 radical (unpaired) electrons. The van der Waals surface area contributed by atoms with Gasteiger partial charge in [-0.1, -0.05) is 0 Å². The molecular formula is C12H27NO5. The van der Waals surface area contributed by atoms with Gasteiger partial charge in [-0.15, -0.1) is 0 Å². The smallest absolute Gasteiger partial charge is 0.0895 e. The molecule has 0 saturated heterocycles.